The zero-order valence-electron chi connectivity index (χ0n) is 79.7. The average Bonchev–Trinajstić information content (AvgIpc) is 1.50. The first kappa shape index (κ1) is 83.6. The molecule has 145 heavy (non-hydrogen) atoms. The van der Waals surface area contributed by atoms with Gasteiger partial charge in [-0.15, -0.1) is 0 Å². The van der Waals surface area contributed by atoms with Gasteiger partial charge in [0, 0.05) is 33.9 Å². The molecule has 24 aromatic rings. The number of fused-ring (bicyclic) bond motifs is 21. The lowest BCUT2D eigenvalue weighted by Crippen LogP contribution is -2.31. The Kier molecular flexibility index (Phi) is 19.0. The highest BCUT2D eigenvalue weighted by Crippen LogP contribution is 2.67. The van der Waals surface area contributed by atoms with Gasteiger partial charge in [0.15, 0.2) is 0 Å². The van der Waals surface area contributed by atoms with E-state index in [2.05, 4.69) is 580 Å². The van der Waals surface area contributed by atoms with Crippen LogP contribution in [0.3, 0.4) is 0 Å². The first-order valence-electron chi connectivity index (χ1n) is 50.8. The summed E-state index contributed by atoms with van der Waals surface area (Å²) in [5.41, 5.74) is 41.8. The van der Waals surface area contributed by atoms with Crippen molar-refractivity contribution in [3.05, 3.63) is 682 Å². The van der Waals surface area contributed by atoms with Crippen LogP contribution in [0, 0.1) is 0 Å². The first-order valence-corrected chi connectivity index (χ1v) is 50.8. The minimum atomic E-state index is -0.863. The standard InChI is InChI=1S/C143H94N2/c1-9-41-97(42-10-1)139(98-43-11-2-12-44-98)128-69-35-32-64-119(128)125-93-109(86-89-132(125)139)145(110-84-88-121-116-61-29-34-68-127(116)141(134(121)94-110,100-47-15-4-16-48-100)101-49-17-5-18-50-101)136-74-40-67-123-118-63-31-38-72-131(118)143(138(123)136,104-55-23-8-24-56-104)106-81-77-96(78-82-106)95-75-79-105(80-76-95)140(99-45-13-3-14-46-99)129-70-36-33-65-120(129)126-92-108(85-90-133(126)140)144(107-83-87-115-113-59-26-25-57-111(113)112-58-27-28-60-114(112)124(115)91-107)135-73-39-66-122-117-62-30-37-71-130(117)142(137(122)135,102-51-19-6-20-52-102)103-53-21-7-22-54-103/h1-94H. The lowest BCUT2D eigenvalue weighted by molar-refractivity contribution is 0.765. The van der Waals surface area contributed by atoms with Gasteiger partial charge in [-0.25, -0.2) is 0 Å². The Balaban J connectivity index is 0.606. The summed E-state index contributed by atoms with van der Waals surface area (Å²) in [4.78, 5) is 5.24. The molecule has 0 heterocycles. The van der Waals surface area contributed by atoms with E-state index in [-0.39, 0.29) is 0 Å². The predicted molar refractivity (Wildman–Crippen MR) is 600 cm³/mol. The monoisotopic (exact) mass is 1840 g/mol. The van der Waals surface area contributed by atoms with Gasteiger partial charge in [0.25, 0.3) is 0 Å². The van der Waals surface area contributed by atoms with Gasteiger partial charge in [0.1, 0.15) is 0 Å². The molecule has 0 fully saturated rings. The molecule has 676 valence electrons. The molecule has 5 aliphatic rings. The van der Waals surface area contributed by atoms with Crippen molar-refractivity contribution in [3.8, 4) is 66.8 Å². The fourth-order valence-corrected chi connectivity index (χ4v) is 27.4. The van der Waals surface area contributed by atoms with Crippen molar-refractivity contribution in [1.82, 2.24) is 0 Å². The van der Waals surface area contributed by atoms with Crippen molar-refractivity contribution < 1.29 is 0 Å². The molecule has 5 aliphatic carbocycles. The normalized spacial score (nSPS) is 15.5. The second kappa shape index (κ2) is 32.9. The largest absolute Gasteiger partial charge is 0.310 e. The van der Waals surface area contributed by atoms with Gasteiger partial charge < -0.3 is 9.80 Å². The molecule has 2 unspecified atom stereocenters. The van der Waals surface area contributed by atoms with Crippen LogP contribution in [0.5, 0.6) is 0 Å². The lowest BCUT2D eigenvalue weighted by atomic mass is 9.66. The third-order valence-electron chi connectivity index (χ3n) is 33.0. The quantitative estimate of drug-likeness (QED) is 0.0839. The fraction of sp³-hybridized carbons (Fsp3) is 0.0350. The Labute approximate surface area is 845 Å². The maximum atomic E-state index is 2.64. The Hall–Kier alpha value is -18.3. The van der Waals surface area contributed by atoms with Crippen molar-refractivity contribution in [2.45, 2.75) is 27.1 Å². The van der Waals surface area contributed by atoms with E-state index in [1.165, 1.54) is 199 Å². The molecule has 0 N–H and O–H groups in total. The molecule has 0 amide bonds. The number of hydrogen-bond donors (Lipinski definition) is 0. The number of nitrogens with zero attached hydrogens (tertiary/aromatic N) is 2. The Bertz CT molecular complexity index is 9130. The molecule has 0 spiro atoms. The van der Waals surface area contributed by atoms with E-state index in [0.717, 1.165) is 45.3 Å². The zero-order chi connectivity index (χ0) is 95.5. The van der Waals surface area contributed by atoms with Gasteiger partial charge in [0.2, 0.25) is 0 Å². The Morgan fingerprint density at radius 1 is 0.117 bits per heavy atom. The summed E-state index contributed by atoms with van der Waals surface area (Å²) in [6, 6.07) is 217. The van der Waals surface area contributed by atoms with Gasteiger partial charge in [0.05, 0.1) is 38.4 Å². The second-order valence-electron chi connectivity index (χ2n) is 39.6. The van der Waals surface area contributed by atoms with Crippen LogP contribution in [0.2, 0.25) is 0 Å². The summed E-state index contributed by atoms with van der Waals surface area (Å²) in [6.07, 6.45) is 0. The Morgan fingerprint density at radius 3 is 0.690 bits per heavy atom. The zero-order valence-corrected chi connectivity index (χ0v) is 79.7. The van der Waals surface area contributed by atoms with Crippen molar-refractivity contribution >= 4 is 66.4 Å². The minimum Gasteiger partial charge on any atom is -0.310 e. The predicted octanol–water partition coefficient (Wildman–Crippen LogP) is 35.6. The van der Waals surface area contributed by atoms with Crippen LogP contribution in [0.15, 0.2) is 570 Å². The van der Waals surface area contributed by atoms with Crippen LogP contribution in [0.4, 0.5) is 34.1 Å². The molecule has 0 radical (unpaired) electrons. The van der Waals surface area contributed by atoms with Crippen LogP contribution < -0.4 is 9.80 Å². The smallest absolute Gasteiger partial charge is 0.0734 e. The molecule has 2 nitrogen and oxygen atoms in total. The molecular formula is C143H94N2. The second-order valence-corrected chi connectivity index (χ2v) is 39.6. The number of benzene rings is 24. The maximum absolute atomic E-state index is 2.64. The molecular weight excluding hydrogens is 1750 g/mol. The number of rotatable bonds is 17. The van der Waals surface area contributed by atoms with Crippen LogP contribution >= 0.6 is 0 Å². The van der Waals surface area contributed by atoms with Gasteiger partial charge >= 0.3 is 0 Å². The van der Waals surface area contributed by atoms with E-state index < -0.39 is 27.1 Å². The van der Waals surface area contributed by atoms with Crippen LogP contribution in [0.1, 0.15) is 111 Å². The average molecular weight is 1840 g/mol. The van der Waals surface area contributed by atoms with E-state index in [1.54, 1.807) is 0 Å². The highest BCUT2D eigenvalue weighted by atomic mass is 15.2. The molecule has 2 heteroatoms. The number of hydrogen-bond acceptors (Lipinski definition) is 2. The van der Waals surface area contributed by atoms with E-state index >= 15 is 0 Å². The highest BCUT2D eigenvalue weighted by molar-refractivity contribution is 6.26. The van der Waals surface area contributed by atoms with Gasteiger partial charge in [-0.3, -0.25) is 0 Å². The topological polar surface area (TPSA) is 6.48 Å². The van der Waals surface area contributed by atoms with Gasteiger partial charge in [-0.05, 0) is 260 Å². The van der Waals surface area contributed by atoms with E-state index in [0.29, 0.717) is 0 Å². The highest BCUT2D eigenvalue weighted by Gasteiger charge is 2.55. The minimum absolute atomic E-state index is 0.612. The molecule has 0 saturated carbocycles. The molecule has 0 aliphatic heterocycles. The van der Waals surface area contributed by atoms with Crippen molar-refractivity contribution in [2.75, 3.05) is 9.80 Å². The summed E-state index contributed by atoms with van der Waals surface area (Å²) in [7, 11) is 0. The number of anilines is 6. The van der Waals surface area contributed by atoms with Crippen molar-refractivity contribution in [3.63, 3.8) is 0 Å². The summed E-state index contributed by atoms with van der Waals surface area (Å²) in [5.74, 6) is 0. The Morgan fingerprint density at radius 2 is 0.338 bits per heavy atom. The molecule has 0 bridgehead atoms. The van der Waals surface area contributed by atoms with E-state index in [1.807, 2.05) is 0 Å². The third kappa shape index (κ3) is 11.9. The van der Waals surface area contributed by atoms with Crippen molar-refractivity contribution in [2.24, 2.45) is 0 Å². The molecule has 2 atom stereocenters. The van der Waals surface area contributed by atoms with E-state index in [4.69, 9.17) is 0 Å². The lowest BCUT2D eigenvalue weighted by Gasteiger charge is -2.39. The maximum Gasteiger partial charge on any atom is 0.0734 e. The summed E-state index contributed by atoms with van der Waals surface area (Å²) in [6.45, 7) is 0. The molecule has 29 rings (SSSR count). The summed E-state index contributed by atoms with van der Waals surface area (Å²) >= 11 is 0. The fourth-order valence-electron chi connectivity index (χ4n) is 27.4. The van der Waals surface area contributed by atoms with Gasteiger partial charge in [-0.2, -0.15) is 0 Å². The van der Waals surface area contributed by atoms with Crippen LogP contribution in [-0.2, 0) is 27.1 Å². The first-order chi connectivity index (χ1) is 72.0. The van der Waals surface area contributed by atoms with Crippen LogP contribution in [-0.4, -0.2) is 0 Å². The van der Waals surface area contributed by atoms with Gasteiger partial charge in [-0.1, -0.05) is 510 Å². The molecule has 24 aromatic carbocycles. The molecule has 0 aromatic heterocycles. The molecule has 0 saturated heterocycles. The summed E-state index contributed by atoms with van der Waals surface area (Å²) in [5, 5.41) is 7.40. The SMILES string of the molecule is c1ccc(C2(c3ccccc3)c3ccccc3-c3cc(N(c4ccc5c(c4)C(c4ccccc4)(c4ccccc4)c4ccccc4-5)c4cccc5c4C(c4ccccc4)(c4ccc(-c6ccc(C7(c8ccccc8)c8ccccc8-c8cc(N(c9ccc%10c%11ccccc%11c%11ccccc%11c%10c9)c9cccc%10c9C(c9ccccc9)(c9ccccc9)c9ccccc9-%10)ccc87)cc6)cc4)c4ccccc4-5)ccc32)cc1. The van der Waals surface area contributed by atoms with Crippen molar-refractivity contribution in [1.29, 1.82) is 0 Å². The summed E-state index contributed by atoms with van der Waals surface area (Å²) < 4.78 is 0. The van der Waals surface area contributed by atoms with Crippen LogP contribution in [0.25, 0.3) is 99.1 Å². The third-order valence-corrected chi connectivity index (χ3v) is 33.0. The van der Waals surface area contributed by atoms with E-state index in [9.17, 15) is 0 Å².